The molecule has 1 aromatic carbocycles. The van der Waals surface area contributed by atoms with Crippen LogP contribution in [-0.4, -0.2) is 26.1 Å². The summed E-state index contributed by atoms with van der Waals surface area (Å²) in [5.74, 6) is 0.0835. The molecule has 110 valence electrons. The molecule has 0 radical (unpaired) electrons. The van der Waals surface area contributed by atoms with E-state index >= 15 is 0 Å². The molecule has 5 heteroatoms. The number of ether oxygens (including phenoxy) is 1. The number of benzene rings is 1. The Labute approximate surface area is 118 Å². The summed E-state index contributed by atoms with van der Waals surface area (Å²) < 4.78 is 19.0. The quantitative estimate of drug-likeness (QED) is 0.803. The van der Waals surface area contributed by atoms with Crippen LogP contribution >= 0.6 is 0 Å². The van der Waals surface area contributed by atoms with Crippen LogP contribution in [0.2, 0.25) is 0 Å². The maximum Gasteiger partial charge on any atom is 0.257 e. The maximum absolute atomic E-state index is 13.8. The van der Waals surface area contributed by atoms with E-state index in [1.165, 1.54) is 18.9 Å². The minimum Gasteiger partial charge on any atom is -0.481 e. The lowest BCUT2D eigenvalue weighted by Crippen LogP contribution is -2.30. The number of nitrogens with one attached hydrogen (secondary N) is 2. The van der Waals surface area contributed by atoms with E-state index in [1.807, 2.05) is 14.0 Å². The molecule has 0 spiro atoms. The molecule has 1 atom stereocenters. The van der Waals surface area contributed by atoms with Crippen molar-refractivity contribution in [2.45, 2.75) is 25.8 Å². The Morgan fingerprint density at radius 1 is 1.50 bits per heavy atom. The van der Waals surface area contributed by atoms with Gasteiger partial charge in [0.25, 0.3) is 5.91 Å². The molecule has 0 heterocycles. The highest BCUT2D eigenvalue weighted by Crippen LogP contribution is 2.27. The van der Waals surface area contributed by atoms with Gasteiger partial charge in [0, 0.05) is 12.6 Å². The molecule has 2 rings (SSSR count). The Morgan fingerprint density at radius 3 is 2.85 bits per heavy atom. The van der Waals surface area contributed by atoms with Crippen molar-refractivity contribution in [3.8, 4) is 5.75 Å². The van der Waals surface area contributed by atoms with E-state index in [0.29, 0.717) is 12.5 Å². The average Bonchev–Trinajstić information content (AvgIpc) is 3.27. The van der Waals surface area contributed by atoms with Crippen molar-refractivity contribution in [1.29, 1.82) is 0 Å². The van der Waals surface area contributed by atoms with Crippen LogP contribution in [-0.2, 0) is 4.79 Å². The summed E-state index contributed by atoms with van der Waals surface area (Å²) in [4.78, 5) is 11.5. The van der Waals surface area contributed by atoms with Crippen LogP contribution in [0, 0.1) is 11.7 Å². The van der Waals surface area contributed by atoms with Gasteiger partial charge in [0.05, 0.1) is 0 Å². The topological polar surface area (TPSA) is 50.4 Å². The minimum atomic E-state index is -0.445. The van der Waals surface area contributed by atoms with Crippen molar-refractivity contribution < 1.29 is 13.9 Å². The van der Waals surface area contributed by atoms with Crippen molar-refractivity contribution in [1.82, 2.24) is 10.6 Å². The summed E-state index contributed by atoms with van der Waals surface area (Å²) in [6.07, 6.45) is 2.36. The van der Waals surface area contributed by atoms with E-state index in [9.17, 15) is 9.18 Å². The molecule has 0 aromatic heterocycles. The lowest BCUT2D eigenvalue weighted by molar-refractivity contribution is -0.123. The third-order valence-corrected chi connectivity index (χ3v) is 3.53. The zero-order valence-corrected chi connectivity index (χ0v) is 11.9. The summed E-state index contributed by atoms with van der Waals surface area (Å²) in [7, 11) is 1.82. The molecule has 20 heavy (non-hydrogen) atoms. The van der Waals surface area contributed by atoms with Crippen LogP contribution < -0.4 is 15.4 Å². The van der Waals surface area contributed by atoms with E-state index in [0.717, 1.165) is 5.56 Å². The molecule has 1 aromatic rings. The summed E-state index contributed by atoms with van der Waals surface area (Å²) in [5.41, 5.74) is 0.843. The number of hydrogen-bond acceptors (Lipinski definition) is 3. The number of hydrogen-bond donors (Lipinski definition) is 2. The second-order valence-electron chi connectivity index (χ2n) is 5.24. The van der Waals surface area contributed by atoms with Crippen LogP contribution in [0.5, 0.6) is 5.75 Å². The van der Waals surface area contributed by atoms with Gasteiger partial charge >= 0.3 is 0 Å². The van der Waals surface area contributed by atoms with E-state index in [4.69, 9.17) is 4.74 Å². The zero-order chi connectivity index (χ0) is 14.5. The van der Waals surface area contributed by atoms with Crippen molar-refractivity contribution in [3.05, 3.63) is 29.6 Å². The monoisotopic (exact) mass is 280 g/mol. The fourth-order valence-corrected chi connectivity index (χ4v) is 1.84. The Balaban J connectivity index is 1.83. The summed E-state index contributed by atoms with van der Waals surface area (Å²) in [6.45, 7) is 2.49. The van der Waals surface area contributed by atoms with Crippen LogP contribution in [0.4, 0.5) is 4.39 Å². The lowest BCUT2D eigenvalue weighted by atomic mass is 10.1. The molecule has 0 saturated heterocycles. The average molecular weight is 280 g/mol. The fraction of sp³-hybridized carbons (Fsp3) is 0.533. The Hall–Kier alpha value is -1.62. The summed E-state index contributed by atoms with van der Waals surface area (Å²) >= 11 is 0. The van der Waals surface area contributed by atoms with E-state index in [-0.39, 0.29) is 24.3 Å². The molecule has 1 saturated carbocycles. The van der Waals surface area contributed by atoms with Crippen LogP contribution in [0.15, 0.2) is 18.2 Å². The molecule has 1 amide bonds. The maximum atomic E-state index is 13.8. The van der Waals surface area contributed by atoms with Crippen LogP contribution in [0.1, 0.15) is 31.4 Å². The van der Waals surface area contributed by atoms with Gasteiger partial charge in [0.15, 0.2) is 18.2 Å². The zero-order valence-electron chi connectivity index (χ0n) is 11.9. The van der Waals surface area contributed by atoms with Crippen molar-refractivity contribution >= 4 is 5.91 Å². The largest absolute Gasteiger partial charge is 0.481 e. The first-order chi connectivity index (χ1) is 9.60. The van der Waals surface area contributed by atoms with Gasteiger partial charge in [-0.2, -0.15) is 0 Å². The standard InChI is InChI=1S/C15H21FN2O2/c1-10(17-2)12-5-6-14(13(16)7-12)20-9-15(19)18-8-11-3-4-11/h5-7,10-11,17H,3-4,8-9H2,1-2H3,(H,18,19). The molecule has 0 aliphatic heterocycles. The van der Waals surface area contributed by atoms with Gasteiger partial charge in [-0.3, -0.25) is 4.79 Å². The third-order valence-electron chi connectivity index (χ3n) is 3.53. The van der Waals surface area contributed by atoms with Gasteiger partial charge in [-0.25, -0.2) is 4.39 Å². The molecule has 2 N–H and O–H groups in total. The van der Waals surface area contributed by atoms with E-state index in [1.54, 1.807) is 12.1 Å². The first-order valence-corrected chi connectivity index (χ1v) is 6.96. The van der Waals surface area contributed by atoms with Gasteiger partial charge in [0.1, 0.15) is 0 Å². The molecule has 1 fully saturated rings. The third kappa shape index (κ3) is 4.20. The molecular weight excluding hydrogens is 259 g/mol. The highest BCUT2D eigenvalue weighted by molar-refractivity contribution is 5.77. The molecule has 1 aliphatic carbocycles. The highest BCUT2D eigenvalue weighted by atomic mass is 19.1. The molecule has 4 nitrogen and oxygen atoms in total. The number of carbonyl (C=O) groups is 1. The molecular formula is C15H21FN2O2. The van der Waals surface area contributed by atoms with Gasteiger partial charge in [-0.1, -0.05) is 6.07 Å². The first-order valence-electron chi connectivity index (χ1n) is 6.96. The molecule has 0 bridgehead atoms. The van der Waals surface area contributed by atoms with Crippen LogP contribution in [0.25, 0.3) is 0 Å². The molecule has 1 aliphatic rings. The SMILES string of the molecule is CNC(C)c1ccc(OCC(=O)NCC2CC2)c(F)c1. The summed E-state index contributed by atoms with van der Waals surface area (Å²) in [6, 6.07) is 4.85. The van der Waals surface area contributed by atoms with Gasteiger partial charge in [-0.15, -0.1) is 0 Å². The van der Waals surface area contributed by atoms with Crippen molar-refractivity contribution in [2.24, 2.45) is 5.92 Å². The lowest BCUT2D eigenvalue weighted by Gasteiger charge is -2.13. The number of amides is 1. The van der Waals surface area contributed by atoms with Crippen molar-refractivity contribution in [2.75, 3.05) is 20.2 Å². The van der Waals surface area contributed by atoms with Crippen LogP contribution in [0.3, 0.4) is 0 Å². The summed E-state index contributed by atoms with van der Waals surface area (Å²) in [5, 5.41) is 5.82. The normalized spacial score (nSPS) is 15.8. The predicted octanol–water partition coefficient (Wildman–Crippen LogP) is 2.01. The van der Waals surface area contributed by atoms with Crippen molar-refractivity contribution in [3.63, 3.8) is 0 Å². The number of rotatable bonds is 7. The smallest absolute Gasteiger partial charge is 0.257 e. The van der Waals surface area contributed by atoms with E-state index in [2.05, 4.69) is 10.6 Å². The number of carbonyl (C=O) groups excluding carboxylic acids is 1. The Kier molecular flexibility index (Phi) is 4.95. The minimum absolute atomic E-state index is 0.0698. The Morgan fingerprint density at radius 2 is 2.25 bits per heavy atom. The van der Waals surface area contributed by atoms with Gasteiger partial charge in [-0.05, 0) is 50.4 Å². The first kappa shape index (κ1) is 14.8. The van der Waals surface area contributed by atoms with Gasteiger partial charge < -0.3 is 15.4 Å². The van der Waals surface area contributed by atoms with Gasteiger partial charge in [0.2, 0.25) is 0 Å². The predicted molar refractivity (Wildman–Crippen MR) is 75.1 cm³/mol. The number of halogens is 1. The Bertz CT molecular complexity index is 475. The fourth-order valence-electron chi connectivity index (χ4n) is 1.84. The molecule has 1 unspecified atom stereocenters. The highest BCUT2D eigenvalue weighted by Gasteiger charge is 2.21. The van der Waals surface area contributed by atoms with E-state index < -0.39 is 5.82 Å². The second kappa shape index (κ2) is 6.70. The second-order valence-corrected chi connectivity index (χ2v) is 5.24.